The van der Waals surface area contributed by atoms with E-state index in [1.54, 1.807) is 30.5 Å². The third-order valence-corrected chi connectivity index (χ3v) is 7.21. The van der Waals surface area contributed by atoms with Crippen LogP contribution >= 0.6 is 24.0 Å². The number of rotatable bonds is 9. The van der Waals surface area contributed by atoms with Crippen LogP contribution in [0.25, 0.3) is 0 Å². The molecule has 0 saturated carbocycles. The molecule has 0 amide bonds. The van der Waals surface area contributed by atoms with Crippen molar-refractivity contribution in [1.29, 1.82) is 0 Å². The summed E-state index contributed by atoms with van der Waals surface area (Å²) in [5.74, 6) is 1.69. The smallest absolute Gasteiger partial charge is 0.242 e. The summed E-state index contributed by atoms with van der Waals surface area (Å²) in [6.45, 7) is 6.07. The van der Waals surface area contributed by atoms with Crippen LogP contribution in [0.5, 0.6) is 0 Å². The molecular weight excluding hydrogens is 541 g/mol. The van der Waals surface area contributed by atoms with Gasteiger partial charge in [-0.05, 0) is 62.7 Å². The maximum Gasteiger partial charge on any atom is 0.242 e. The lowest BCUT2D eigenvalue weighted by Gasteiger charge is -2.26. The molecule has 2 heterocycles. The highest BCUT2D eigenvalue weighted by atomic mass is 127. The first-order chi connectivity index (χ1) is 14.9. The van der Waals surface area contributed by atoms with Gasteiger partial charge < -0.3 is 15.1 Å². The second kappa shape index (κ2) is 12.6. The number of sulfonamides is 1. The number of nitrogens with zero attached hydrogens (tertiary/aromatic N) is 3. The van der Waals surface area contributed by atoms with Gasteiger partial charge in [-0.15, -0.1) is 24.0 Å². The molecular formula is C22H34IN5O3S. The molecule has 32 heavy (non-hydrogen) atoms. The molecule has 0 aliphatic carbocycles. The predicted octanol–water partition coefficient (Wildman–Crippen LogP) is 3.04. The first-order valence-corrected chi connectivity index (χ1v) is 12.2. The Balaban J connectivity index is 0.00000363. The molecule has 3 rings (SSSR count). The van der Waals surface area contributed by atoms with E-state index in [9.17, 15) is 8.42 Å². The number of benzene rings is 1. The van der Waals surface area contributed by atoms with E-state index >= 15 is 0 Å². The zero-order valence-corrected chi connectivity index (χ0v) is 22.1. The van der Waals surface area contributed by atoms with Crippen molar-refractivity contribution in [2.24, 2.45) is 4.99 Å². The molecule has 1 saturated heterocycles. The Hall–Kier alpha value is -1.63. The molecule has 1 unspecified atom stereocenters. The fourth-order valence-electron chi connectivity index (χ4n) is 3.63. The Morgan fingerprint density at radius 2 is 1.84 bits per heavy atom. The third-order valence-electron chi connectivity index (χ3n) is 5.38. The first-order valence-electron chi connectivity index (χ1n) is 10.7. The summed E-state index contributed by atoms with van der Waals surface area (Å²) in [5, 5.41) is 6.72. The fourth-order valence-corrected chi connectivity index (χ4v) is 4.53. The van der Waals surface area contributed by atoms with E-state index in [1.165, 1.54) is 31.2 Å². The van der Waals surface area contributed by atoms with Crippen LogP contribution in [-0.2, 0) is 16.6 Å². The molecule has 1 aliphatic rings. The van der Waals surface area contributed by atoms with Crippen molar-refractivity contribution in [2.75, 3.05) is 40.3 Å². The lowest BCUT2D eigenvalue weighted by molar-refractivity contribution is 0.215. The van der Waals surface area contributed by atoms with Gasteiger partial charge in [-0.25, -0.2) is 17.7 Å². The summed E-state index contributed by atoms with van der Waals surface area (Å²) < 4.78 is 31.3. The summed E-state index contributed by atoms with van der Waals surface area (Å²) in [4.78, 5) is 7.40. The lowest BCUT2D eigenvalue weighted by Crippen LogP contribution is -2.42. The van der Waals surface area contributed by atoms with Gasteiger partial charge in [0.1, 0.15) is 5.76 Å². The van der Waals surface area contributed by atoms with Crippen molar-refractivity contribution in [3.8, 4) is 0 Å². The van der Waals surface area contributed by atoms with Gasteiger partial charge in [-0.2, -0.15) is 0 Å². The topological polar surface area (TPSA) is 90.2 Å². The molecule has 1 fully saturated rings. The van der Waals surface area contributed by atoms with Gasteiger partial charge in [0, 0.05) is 27.2 Å². The molecule has 1 atom stereocenters. The van der Waals surface area contributed by atoms with Crippen LogP contribution in [0, 0.1) is 0 Å². The number of hydrogen-bond acceptors (Lipinski definition) is 5. The molecule has 0 radical (unpaired) electrons. The van der Waals surface area contributed by atoms with Crippen molar-refractivity contribution in [3.05, 3.63) is 54.0 Å². The minimum Gasteiger partial charge on any atom is -0.468 e. The van der Waals surface area contributed by atoms with E-state index in [-0.39, 0.29) is 34.9 Å². The maximum absolute atomic E-state index is 12.2. The van der Waals surface area contributed by atoms with Gasteiger partial charge in [-0.1, -0.05) is 12.1 Å². The Kier molecular flexibility index (Phi) is 10.5. The number of nitrogens with one attached hydrogen (secondary N) is 2. The van der Waals surface area contributed by atoms with Gasteiger partial charge >= 0.3 is 0 Å². The molecule has 2 N–H and O–H groups in total. The second-order valence-corrected chi connectivity index (χ2v) is 9.93. The predicted molar refractivity (Wildman–Crippen MR) is 138 cm³/mol. The molecule has 8 nitrogen and oxygen atoms in total. The van der Waals surface area contributed by atoms with E-state index in [4.69, 9.17) is 4.42 Å². The zero-order valence-electron chi connectivity index (χ0n) is 19.0. The number of aliphatic imine (C=N–C) groups is 1. The Labute approximate surface area is 208 Å². The first kappa shape index (κ1) is 26.6. The van der Waals surface area contributed by atoms with Crippen LogP contribution in [-0.4, -0.2) is 63.9 Å². The van der Waals surface area contributed by atoms with E-state index in [0.29, 0.717) is 13.1 Å². The minimum atomic E-state index is -3.42. The van der Waals surface area contributed by atoms with Gasteiger partial charge in [-0.3, -0.25) is 4.90 Å². The van der Waals surface area contributed by atoms with E-state index < -0.39 is 10.0 Å². The Morgan fingerprint density at radius 3 is 2.41 bits per heavy atom. The number of likely N-dealkylation sites (tertiary alicyclic amines) is 1. The third kappa shape index (κ3) is 6.93. The van der Waals surface area contributed by atoms with Crippen molar-refractivity contribution < 1.29 is 12.8 Å². The zero-order chi connectivity index (χ0) is 22.3. The van der Waals surface area contributed by atoms with Crippen molar-refractivity contribution in [2.45, 2.75) is 37.2 Å². The van der Waals surface area contributed by atoms with Crippen LogP contribution in [0.2, 0.25) is 0 Å². The number of furan rings is 1. The van der Waals surface area contributed by atoms with Crippen LogP contribution in [0.3, 0.4) is 0 Å². The Morgan fingerprint density at radius 1 is 1.16 bits per heavy atom. The van der Waals surface area contributed by atoms with Crippen molar-refractivity contribution in [1.82, 2.24) is 19.8 Å². The van der Waals surface area contributed by atoms with Gasteiger partial charge in [0.25, 0.3) is 0 Å². The molecule has 10 heteroatoms. The summed E-state index contributed by atoms with van der Waals surface area (Å²) in [7, 11) is -0.367. The number of guanidine groups is 1. The standard InChI is InChI=1S/C22H33N5O3S.HI/c1-4-23-22(24-16-18-9-11-19(12-10-18)31(28,29)26(2)3)25-17-20(21-8-7-15-30-21)27-13-5-6-14-27;/h7-12,15,20H,4-6,13-14,16-17H2,1-3H3,(H2,23,24,25);1H. The van der Waals surface area contributed by atoms with Crippen LogP contribution in [0.4, 0.5) is 0 Å². The summed E-state index contributed by atoms with van der Waals surface area (Å²) >= 11 is 0. The average Bonchev–Trinajstić information content (AvgIpc) is 3.47. The quantitative estimate of drug-likeness (QED) is 0.272. The monoisotopic (exact) mass is 575 g/mol. The minimum absolute atomic E-state index is 0. The van der Waals surface area contributed by atoms with Gasteiger partial charge in [0.2, 0.25) is 10.0 Å². The molecule has 1 aliphatic heterocycles. The lowest BCUT2D eigenvalue weighted by atomic mass is 10.2. The molecule has 2 aromatic rings. The molecule has 0 bridgehead atoms. The molecule has 178 valence electrons. The fraction of sp³-hybridized carbons (Fsp3) is 0.500. The largest absolute Gasteiger partial charge is 0.468 e. The van der Waals surface area contributed by atoms with E-state index in [2.05, 4.69) is 20.5 Å². The number of halogens is 1. The SMILES string of the molecule is CCNC(=NCc1ccc(S(=O)(=O)N(C)C)cc1)NCC(c1ccco1)N1CCCC1.I. The second-order valence-electron chi connectivity index (χ2n) is 7.78. The molecule has 0 spiro atoms. The maximum atomic E-state index is 12.2. The van der Waals surface area contributed by atoms with E-state index in [0.717, 1.165) is 36.9 Å². The highest BCUT2D eigenvalue weighted by Gasteiger charge is 2.25. The van der Waals surface area contributed by atoms with Crippen LogP contribution < -0.4 is 10.6 Å². The highest BCUT2D eigenvalue weighted by molar-refractivity contribution is 14.0. The van der Waals surface area contributed by atoms with Crippen molar-refractivity contribution >= 4 is 40.0 Å². The van der Waals surface area contributed by atoms with Crippen molar-refractivity contribution in [3.63, 3.8) is 0 Å². The highest BCUT2D eigenvalue weighted by Crippen LogP contribution is 2.24. The van der Waals surface area contributed by atoms with E-state index in [1.807, 2.05) is 19.1 Å². The Bertz CT molecular complexity index is 940. The average molecular weight is 576 g/mol. The van der Waals surface area contributed by atoms with Crippen LogP contribution in [0.1, 0.15) is 37.1 Å². The summed E-state index contributed by atoms with van der Waals surface area (Å²) in [6.07, 6.45) is 4.15. The van der Waals surface area contributed by atoms with Gasteiger partial charge in [0.15, 0.2) is 5.96 Å². The van der Waals surface area contributed by atoms with Crippen LogP contribution in [0.15, 0.2) is 57.0 Å². The molecule has 1 aromatic carbocycles. The molecule has 1 aromatic heterocycles. The summed E-state index contributed by atoms with van der Waals surface area (Å²) in [6, 6.07) is 11.0. The van der Waals surface area contributed by atoms with Gasteiger partial charge in [0.05, 0.1) is 23.7 Å². The number of hydrogen-bond donors (Lipinski definition) is 2. The normalized spacial score (nSPS) is 16.1. The summed E-state index contributed by atoms with van der Waals surface area (Å²) in [5.41, 5.74) is 0.942.